The standard InChI is InChI=1S/C16H12F2N2O2/c17-13-6-1-11(2-7-13)3-10-15(21)22-20-16(19)12-4-8-14(18)9-5-12/h1-10H,(H2,19,20)/b10-3+. The number of oxime groups is 1. The first-order valence-electron chi connectivity index (χ1n) is 6.28. The van der Waals surface area contributed by atoms with Gasteiger partial charge in [-0.15, -0.1) is 0 Å². The second-order valence-electron chi connectivity index (χ2n) is 4.28. The van der Waals surface area contributed by atoms with Crippen LogP contribution in [0.4, 0.5) is 8.78 Å². The van der Waals surface area contributed by atoms with Crippen LogP contribution >= 0.6 is 0 Å². The van der Waals surface area contributed by atoms with Crippen molar-refractivity contribution in [3.8, 4) is 0 Å². The van der Waals surface area contributed by atoms with Gasteiger partial charge in [-0.2, -0.15) is 0 Å². The molecule has 0 bridgehead atoms. The first-order chi connectivity index (χ1) is 10.5. The molecule has 0 amide bonds. The van der Waals surface area contributed by atoms with E-state index in [1.54, 1.807) is 0 Å². The zero-order chi connectivity index (χ0) is 15.9. The van der Waals surface area contributed by atoms with E-state index >= 15 is 0 Å². The molecule has 0 radical (unpaired) electrons. The number of carbonyl (C=O) groups is 1. The van der Waals surface area contributed by atoms with E-state index in [2.05, 4.69) is 9.99 Å². The van der Waals surface area contributed by atoms with Crippen LogP contribution in [0.25, 0.3) is 6.08 Å². The minimum atomic E-state index is -0.741. The highest BCUT2D eigenvalue weighted by molar-refractivity contribution is 5.97. The van der Waals surface area contributed by atoms with E-state index in [9.17, 15) is 13.6 Å². The Labute approximate surface area is 125 Å². The highest BCUT2D eigenvalue weighted by atomic mass is 19.1. The Morgan fingerprint density at radius 2 is 1.55 bits per heavy atom. The van der Waals surface area contributed by atoms with Gasteiger partial charge in [0.25, 0.3) is 0 Å². The Morgan fingerprint density at radius 3 is 2.14 bits per heavy atom. The number of amidine groups is 1. The molecule has 0 fully saturated rings. The van der Waals surface area contributed by atoms with Crippen molar-refractivity contribution in [1.29, 1.82) is 0 Å². The van der Waals surface area contributed by atoms with Gasteiger partial charge in [-0.25, -0.2) is 13.6 Å². The summed E-state index contributed by atoms with van der Waals surface area (Å²) in [5.41, 5.74) is 6.66. The summed E-state index contributed by atoms with van der Waals surface area (Å²) in [6.07, 6.45) is 2.58. The Hall–Kier alpha value is -3.02. The number of carbonyl (C=O) groups excluding carboxylic acids is 1. The minimum absolute atomic E-state index is 0.0523. The molecule has 0 aliphatic rings. The van der Waals surface area contributed by atoms with Crippen LogP contribution in [0, 0.1) is 11.6 Å². The van der Waals surface area contributed by atoms with E-state index in [0.717, 1.165) is 6.08 Å². The molecule has 0 aliphatic heterocycles. The maximum absolute atomic E-state index is 12.8. The Bertz CT molecular complexity index is 708. The van der Waals surface area contributed by atoms with Crippen LogP contribution in [0.3, 0.4) is 0 Å². The third-order valence-electron chi connectivity index (χ3n) is 2.66. The van der Waals surface area contributed by atoms with E-state index in [0.29, 0.717) is 11.1 Å². The lowest BCUT2D eigenvalue weighted by Crippen LogP contribution is -2.14. The molecule has 22 heavy (non-hydrogen) atoms. The van der Waals surface area contributed by atoms with Crippen molar-refractivity contribution < 1.29 is 18.4 Å². The van der Waals surface area contributed by atoms with Crippen LogP contribution in [0.5, 0.6) is 0 Å². The summed E-state index contributed by atoms with van der Waals surface area (Å²) in [5.74, 6) is -1.56. The normalized spacial score (nSPS) is 11.6. The molecule has 0 spiro atoms. The molecule has 2 aromatic rings. The van der Waals surface area contributed by atoms with Crippen LogP contribution in [0.1, 0.15) is 11.1 Å². The summed E-state index contributed by atoms with van der Waals surface area (Å²) in [7, 11) is 0. The number of hydrogen-bond acceptors (Lipinski definition) is 3. The predicted molar refractivity (Wildman–Crippen MR) is 78.7 cm³/mol. The lowest BCUT2D eigenvalue weighted by Gasteiger charge is -1.99. The molecule has 0 aromatic heterocycles. The molecule has 0 heterocycles. The van der Waals surface area contributed by atoms with Crippen molar-refractivity contribution in [2.75, 3.05) is 0 Å². The number of rotatable bonds is 4. The van der Waals surface area contributed by atoms with Crippen LogP contribution in [-0.4, -0.2) is 11.8 Å². The van der Waals surface area contributed by atoms with Gasteiger partial charge in [0.05, 0.1) is 0 Å². The van der Waals surface area contributed by atoms with Crippen LogP contribution in [0.2, 0.25) is 0 Å². The maximum Gasteiger partial charge on any atom is 0.358 e. The molecule has 0 saturated heterocycles. The van der Waals surface area contributed by atoms with Gasteiger partial charge < -0.3 is 10.6 Å². The first-order valence-corrected chi connectivity index (χ1v) is 6.28. The third kappa shape index (κ3) is 4.52. The van der Waals surface area contributed by atoms with Crippen molar-refractivity contribution >= 4 is 17.9 Å². The highest BCUT2D eigenvalue weighted by Gasteiger charge is 2.02. The Kier molecular flexibility index (Phi) is 4.98. The number of nitrogens with two attached hydrogens (primary N) is 1. The van der Waals surface area contributed by atoms with Crippen molar-refractivity contribution in [3.63, 3.8) is 0 Å². The van der Waals surface area contributed by atoms with E-state index in [4.69, 9.17) is 5.73 Å². The summed E-state index contributed by atoms with van der Waals surface area (Å²) in [6.45, 7) is 0. The van der Waals surface area contributed by atoms with Crippen molar-refractivity contribution in [2.45, 2.75) is 0 Å². The number of benzene rings is 2. The highest BCUT2D eigenvalue weighted by Crippen LogP contribution is 2.05. The molecule has 112 valence electrons. The minimum Gasteiger partial charge on any atom is -0.380 e. The van der Waals surface area contributed by atoms with Gasteiger partial charge in [-0.3, -0.25) is 0 Å². The molecule has 6 heteroatoms. The van der Waals surface area contributed by atoms with Crippen molar-refractivity contribution in [1.82, 2.24) is 0 Å². The van der Waals surface area contributed by atoms with Crippen molar-refractivity contribution in [3.05, 3.63) is 77.4 Å². The van der Waals surface area contributed by atoms with E-state index in [1.807, 2.05) is 0 Å². The fraction of sp³-hybridized carbons (Fsp3) is 0. The summed E-state index contributed by atoms with van der Waals surface area (Å²) in [4.78, 5) is 16.1. The number of hydrogen-bond donors (Lipinski definition) is 1. The number of halogens is 2. The predicted octanol–water partition coefficient (Wildman–Crippen LogP) is 2.84. The molecule has 0 saturated carbocycles. The fourth-order valence-corrected chi connectivity index (χ4v) is 1.54. The summed E-state index contributed by atoms with van der Waals surface area (Å²) in [5, 5.41) is 3.46. The van der Waals surface area contributed by atoms with E-state index in [-0.39, 0.29) is 11.7 Å². The zero-order valence-electron chi connectivity index (χ0n) is 11.4. The van der Waals surface area contributed by atoms with Gasteiger partial charge in [-0.1, -0.05) is 17.3 Å². The smallest absolute Gasteiger partial charge is 0.358 e. The third-order valence-corrected chi connectivity index (χ3v) is 2.66. The maximum atomic E-state index is 12.8. The lowest BCUT2D eigenvalue weighted by molar-refractivity contribution is -0.137. The second kappa shape index (κ2) is 7.12. The second-order valence-corrected chi connectivity index (χ2v) is 4.28. The molecule has 4 nitrogen and oxygen atoms in total. The Morgan fingerprint density at radius 1 is 1.00 bits per heavy atom. The quantitative estimate of drug-likeness (QED) is 0.310. The molecular formula is C16H12F2N2O2. The van der Waals surface area contributed by atoms with Crippen LogP contribution < -0.4 is 5.73 Å². The molecule has 0 aliphatic carbocycles. The fourth-order valence-electron chi connectivity index (χ4n) is 1.54. The van der Waals surface area contributed by atoms with E-state index in [1.165, 1.54) is 54.6 Å². The summed E-state index contributed by atoms with van der Waals surface area (Å²) in [6, 6.07) is 10.8. The lowest BCUT2D eigenvalue weighted by atomic mass is 10.2. The molecular weight excluding hydrogens is 290 g/mol. The molecule has 2 aromatic carbocycles. The largest absolute Gasteiger partial charge is 0.380 e. The average Bonchev–Trinajstić information content (AvgIpc) is 2.52. The van der Waals surface area contributed by atoms with Gasteiger partial charge in [0, 0.05) is 11.6 Å². The SMILES string of the molecule is N/C(=N\OC(=O)/C=C/c1ccc(F)cc1)c1ccc(F)cc1. The van der Waals surface area contributed by atoms with Gasteiger partial charge in [-0.05, 0) is 48.0 Å². The van der Waals surface area contributed by atoms with Gasteiger partial charge in [0.2, 0.25) is 0 Å². The topological polar surface area (TPSA) is 64.7 Å². The average molecular weight is 302 g/mol. The Balaban J connectivity index is 1.95. The summed E-state index contributed by atoms with van der Waals surface area (Å²) < 4.78 is 25.5. The zero-order valence-corrected chi connectivity index (χ0v) is 11.4. The van der Waals surface area contributed by atoms with Crippen LogP contribution in [0.15, 0.2) is 59.8 Å². The molecule has 2 N–H and O–H groups in total. The molecule has 0 unspecified atom stereocenters. The van der Waals surface area contributed by atoms with Gasteiger partial charge in [0.15, 0.2) is 5.84 Å². The number of nitrogens with zero attached hydrogens (tertiary/aromatic N) is 1. The van der Waals surface area contributed by atoms with Crippen LogP contribution in [-0.2, 0) is 9.63 Å². The van der Waals surface area contributed by atoms with Crippen molar-refractivity contribution in [2.24, 2.45) is 10.9 Å². The molecule has 2 rings (SSSR count). The van der Waals surface area contributed by atoms with Gasteiger partial charge >= 0.3 is 5.97 Å². The van der Waals surface area contributed by atoms with Gasteiger partial charge in [0.1, 0.15) is 11.6 Å². The monoisotopic (exact) mass is 302 g/mol. The summed E-state index contributed by atoms with van der Waals surface area (Å²) >= 11 is 0. The first kappa shape index (κ1) is 15.4. The molecule has 0 atom stereocenters. The van der Waals surface area contributed by atoms with E-state index < -0.39 is 11.8 Å².